The minimum absolute atomic E-state index is 0.208. The number of halogens is 2. The zero-order chi connectivity index (χ0) is 12.1. The first-order chi connectivity index (χ1) is 8.25. The van der Waals surface area contributed by atoms with Gasteiger partial charge in [-0.15, -0.1) is 0 Å². The molecule has 1 nitrogen and oxygen atoms in total. The van der Waals surface area contributed by atoms with Crippen LogP contribution in [0.4, 0.5) is 4.39 Å². The topological polar surface area (TPSA) is 9.23 Å². The molecule has 0 aliphatic heterocycles. The third-order valence-corrected chi connectivity index (χ3v) is 3.05. The summed E-state index contributed by atoms with van der Waals surface area (Å²) in [6.07, 6.45) is 0.765. The Morgan fingerprint density at radius 2 is 1.71 bits per heavy atom. The van der Waals surface area contributed by atoms with Crippen LogP contribution in [-0.2, 0) is 6.42 Å². The Morgan fingerprint density at radius 1 is 1.00 bits per heavy atom. The van der Waals surface area contributed by atoms with Crippen LogP contribution in [-0.4, -0.2) is 6.61 Å². The molecule has 0 aromatic heterocycles. The summed E-state index contributed by atoms with van der Waals surface area (Å²) >= 11 is 3.42. The average molecular weight is 295 g/mol. The van der Waals surface area contributed by atoms with Crippen LogP contribution in [0.3, 0.4) is 0 Å². The molecule has 0 saturated heterocycles. The molecule has 0 bridgehead atoms. The lowest BCUT2D eigenvalue weighted by Gasteiger charge is -2.07. The average Bonchev–Trinajstić information content (AvgIpc) is 2.34. The molecule has 0 amide bonds. The van der Waals surface area contributed by atoms with Gasteiger partial charge in [0, 0.05) is 6.42 Å². The number of ether oxygens (including phenoxy) is 1. The Hall–Kier alpha value is -1.35. The maximum atomic E-state index is 12.7. The number of hydrogen-bond donors (Lipinski definition) is 0. The van der Waals surface area contributed by atoms with Gasteiger partial charge in [0.2, 0.25) is 0 Å². The van der Waals surface area contributed by atoms with Crippen LogP contribution >= 0.6 is 15.9 Å². The van der Waals surface area contributed by atoms with E-state index in [2.05, 4.69) is 15.9 Å². The fourth-order valence-electron chi connectivity index (χ4n) is 1.49. The molecule has 0 heterocycles. The molecule has 2 rings (SSSR count). The zero-order valence-corrected chi connectivity index (χ0v) is 10.8. The molecule has 0 radical (unpaired) electrons. The number of hydrogen-bond acceptors (Lipinski definition) is 1. The molecular weight excluding hydrogens is 283 g/mol. The number of para-hydroxylation sites is 1. The van der Waals surface area contributed by atoms with Crippen LogP contribution in [0.2, 0.25) is 0 Å². The molecule has 2 aromatic rings. The minimum atomic E-state index is -0.208. The third-order valence-electron chi connectivity index (χ3n) is 2.40. The van der Waals surface area contributed by atoms with Crippen molar-refractivity contribution < 1.29 is 9.13 Å². The van der Waals surface area contributed by atoms with Gasteiger partial charge in [-0.2, -0.15) is 0 Å². The number of benzene rings is 2. The van der Waals surface area contributed by atoms with E-state index in [9.17, 15) is 4.39 Å². The van der Waals surface area contributed by atoms with Crippen molar-refractivity contribution in [1.29, 1.82) is 0 Å². The van der Waals surface area contributed by atoms with E-state index < -0.39 is 0 Å². The van der Waals surface area contributed by atoms with Crippen molar-refractivity contribution in [3.05, 3.63) is 64.4 Å². The molecule has 2 aromatic carbocycles. The van der Waals surface area contributed by atoms with E-state index in [1.54, 1.807) is 12.1 Å². The highest BCUT2D eigenvalue weighted by atomic mass is 79.9. The minimum Gasteiger partial charge on any atom is -0.492 e. The van der Waals surface area contributed by atoms with Crippen LogP contribution in [0.15, 0.2) is 53.0 Å². The van der Waals surface area contributed by atoms with Crippen molar-refractivity contribution in [2.24, 2.45) is 0 Å². The standard InChI is InChI=1S/C14H12BrFO/c15-13-3-1-2-4-14(13)17-10-9-11-5-7-12(16)8-6-11/h1-8H,9-10H2. The lowest BCUT2D eigenvalue weighted by Crippen LogP contribution is -2.01. The van der Waals surface area contributed by atoms with Crippen LogP contribution in [0.1, 0.15) is 5.56 Å². The van der Waals surface area contributed by atoms with Crippen molar-refractivity contribution in [2.75, 3.05) is 6.61 Å². The summed E-state index contributed by atoms with van der Waals surface area (Å²) in [5, 5.41) is 0. The van der Waals surface area contributed by atoms with E-state index in [0.29, 0.717) is 6.61 Å². The largest absolute Gasteiger partial charge is 0.492 e. The maximum Gasteiger partial charge on any atom is 0.133 e. The summed E-state index contributed by atoms with van der Waals surface area (Å²) in [4.78, 5) is 0. The van der Waals surface area contributed by atoms with Crippen LogP contribution in [0.5, 0.6) is 5.75 Å². The SMILES string of the molecule is Fc1ccc(CCOc2ccccc2Br)cc1. The van der Waals surface area contributed by atoms with E-state index in [0.717, 1.165) is 22.2 Å². The third kappa shape index (κ3) is 3.56. The molecule has 0 saturated carbocycles. The lowest BCUT2D eigenvalue weighted by atomic mass is 10.2. The molecule has 88 valence electrons. The van der Waals surface area contributed by atoms with E-state index in [1.165, 1.54) is 12.1 Å². The van der Waals surface area contributed by atoms with E-state index in [1.807, 2.05) is 24.3 Å². The van der Waals surface area contributed by atoms with Gasteiger partial charge in [-0.1, -0.05) is 24.3 Å². The smallest absolute Gasteiger partial charge is 0.133 e. The van der Waals surface area contributed by atoms with Crippen molar-refractivity contribution in [3.63, 3.8) is 0 Å². The Labute approximate surface area is 108 Å². The van der Waals surface area contributed by atoms with Gasteiger partial charge in [-0.25, -0.2) is 4.39 Å². The molecular formula is C14H12BrFO. The quantitative estimate of drug-likeness (QED) is 0.821. The van der Waals surface area contributed by atoms with Crippen molar-refractivity contribution in [3.8, 4) is 5.75 Å². The Morgan fingerprint density at radius 3 is 2.41 bits per heavy atom. The summed E-state index contributed by atoms with van der Waals surface area (Å²) in [6, 6.07) is 14.2. The molecule has 3 heteroatoms. The van der Waals surface area contributed by atoms with E-state index >= 15 is 0 Å². The number of rotatable bonds is 4. The molecule has 0 aliphatic carbocycles. The van der Waals surface area contributed by atoms with Crippen molar-refractivity contribution in [2.45, 2.75) is 6.42 Å². The molecule has 0 aliphatic rings. The Kier molecular flexibility index (Phi) is 4.15. The molecule has 0 fully saturated rings. The van der Waals surface area contributed by atoms with Gasteiger partial charge >= 0.3 is 0 Å². The van der Waals surface area contributed by atoms with Gasteiger partial charge < -0.3 is 4.74 Å². The first-order valence-corrected chi connectivity index (χ1v) is 6.17. The van der Waals surface area contributed by atoms with Crippen LogP contribution in [0, 0.1) is 5.82 Å². The second-order valence-electron chi connectivity index (χ2n) is 3.66. The van der Waals surface area contributed by atoms with Gasteiger partial charge in [0.1, 0.15) is 11.6 Å². The fourth-order valence-corrected chi connectivity index (χ4v) is 1.89. The molecule has 17 heavy (non-hydrogen) atoms. The maximum absolute atomic E-state index is 12.7. The predicted molar refractivity (Wildman–Crippen MR) is 69.7 cm³/mol. The lowest BCUT2D eigenvalue weighted by molar-refractivity contribution is 0.320. The highest BCUT2D eigenvalue weighted by Gasteiger charge is 1.99. The molecule has 0 unspecified atom stereocenters. The first kappa shape index (κ1) is 12.1. The van der Waals surface area contributed by atoms with Gasteiger partial charge in [-0.3, -0.25) is 0 Å². The molecule has 0 atom stereocenters. The van der Waals surface area contributed by atoms with Crippen molar-refractivity contribution in [1.82, 2.24) is 0 Å². The Balaban J connectivity index is 1.88. The first-order valence-electron chi connectivity index (χ1n) is 5.37. The second kappa shape index (κ2) is 5.82. The highest BCUT2D eigenvalue weighted by Crippen LogP contribution is 2.23. The van der Waals surface area contributed by atoms with Gasteiger partial charge in [0.15, 0.2) is 0 Å². The van der Waals surface area contributed by atoms with E-state index in [-0.39, 0.29) is 5.82 Å². The van der Waals surface area contributed by atoms with Crippen LogP contribution < -0.4 is 4.74 Å². The van der Waals surface area contributed by atoms with Gasteiger partial charge in [-0.05, 0) is 45.8 Å². The summed E-state index contributed by atoms with van der Waals surface area (Å²) in [7, 11) is 0. The van der Waals surface area contributed by atoms with Crippen LogP contribution in [0.25, 0.3) is 0 Å². The van der Waals surface area contributed by atoms with Crippen molar-refractivity contribution >= 4 is 15.9 Å². The summed E-state index contributed by atoms with van der Waals surface area (Å²) in [6.45, 7) is 0.578. The zero-order valence-electron chi connectivity index (χ0n) is 9.20. The predicted octanol–water partition coefficient (Wildman–Crippen LogP) is 4.21. The Bertz CT molecular complexity index is 482. The van der Waals surface area contributed by atoms with Gasteiger partial charge in [0.05, 0.1) is 11.1 Å². The normalized spacial score (nSPS) is 10.2. The summed E-state index contributed by atoms with van der Waals surface area (Å²) < 4.78 is 19.3. The fraction of sp³-hybridized carbons (Fsp3) is 0.143. The second-order valence-corrected chi connectivity index (χ2v) is 4.51. The van der Waals surface area contributed by atoms with Gasteiger partial charge in [0.25, 0.3) is 0 Å². The molecule has 0 N–H and O–H groups in total. The molecule has 0 spiro atoms. The summed E-state index contributed by atoms with van der Waals surface area (Å²) in [5.74, 6) is 0.620. The summed E-state index contributed by atoms with van der Waals surface area (Å²) in [5.41, 5.74) is 1.07. The highest BCUT2D eigenvalue weighted by molar-refractivity contribution is 9.10. The monoisotopic (exact) mass is 294 g/mol. The van der Waals surface area contributed by atoms with E-state index in [4.69, 9.17) is 4.74 Å².